The number of benzene rings is 2. The minimum atomic E-state index is -0.524. The standard InChI is InChI=1S/C25H26FNO4/c1-15-18-12-17-8-10-25(2,3)31-21(17)14-22(18)30-24(29)19(15)13-23(28)27-11-9-16-6-4-5-7-20(16)26/h4-7,12,14H,8-11,13H2,1-3H3,(H,27,28). The van der Waals surface area contributed by atoms with E-state index in [2.05, 4.69) is 5.32 Å². The number of halogens is 1. The van der Waals surface area contributed by atoms with Crippen LogP contribution in [0.5, 0.6) is 5.75 Å². The molecule has 0 fully saturated rings. The summed E-state index contributed by atoms with van der Waals surface area (Å²) < 4.78 is 25.3. The van der Waals surface area contributed by atoms with Crippen LogP contribution in [0.2, 0.25) is 0 Å². The van der Waals surface area contributed by atoms with Crippen LogP contribution in [-0.4, -0.2) is 18.1 Å². The van der Waals surface area contributed by atoms with Gasteiger partial charge in [0.25, 0.3) is 0 Å². The van der Waals surface area contributed by atoms with Crippen molar-refractivity contribution in [1.29, 1.82) is 0 Å². The highest BCUT2D eigenvalue weighted by Gasteiger charge is 2.27. The van der Waals surface area contributed by atoms with E-state index in [1.807, 2.05) is 26.8 Å². The van der Waals surface area contributed by atoms with Gasteiger partial charge < -0.3 is 14.5 Å². The van der Waals surface area contributed by atoms with Gasteiger partial charge >= 0.3 is 5.63 Å². The molecule has 0 aliphatic carbocycles. The Morgan fingerprint density at radius 1 is 1.23 bits per heavy atom. The molecule has 6 heteroatoms. The van der Waals surface area contributed by atoms with E-state index in [0.717, 1.165) is 35.1 Å². The van der Waals surface area contributed by atoms with Crippen LogP contribution >= 0.6 is 0 Å². The fourth-order valence-corrected chi connectivity index (χ4v) is 4.00. The van der Waals surface area contributed by atoms with E-state index in [4.69, 9.17) is 9.15 Å². The van der Waals surface area contributed by atoms with Gasteiger partial charge in [0, 0.05) is 18.0 Å². The average molecular weight is 423 g/mol. The predicted molar refractivity (Wildman–Crippen MR) is 117 cm³/mol. The third-order valence-corrected chi connectivity index (χ3v) is 5.86. The van der Waals surface area contributed by atoms with Crippen molar-refractivity contribution in [2.24, 2.45) is 0 Å². The Labute approximate surface area is 180 Å². The summed E-state index contributed by atoms with van der Waals surface area (Å²) in [5.41, 5.74) is 2.38. The van der Waals surface area contributed by atoms with Gasteiger partial charge in [0.05, 0.1) is 12.0 Å². The number of carbonyl (C=O) groups excluding carboxylic acids is 1. The molecule has 0 bridgehead atoms. The summed E-state index contributed by atoms with van der Waals surface area (Å²) in [6.07, 6.45) is 2.08. The Morgan fingerprint density at radius 3 is 2.77 bits per heavy atom. The van der Waals surface area contributed by atoms with Crippen molar-refractivity contribution < 1.29 is 18.3 Å². The first-order valence-corrected chi connectivity index (χ1v) is 10.5. The molecule has 4 rings (SSSR count). The van der Waals surface area contributed by atoms with Crippen LogP contribution in [0.25, 0.3) is 11.0 Å². The molecule has 0 atom stereocenters. The average Bonchev–Trinajstić information content (AvgIpc) is 2.71. The van der Waals surface area contributed by atoms with Crippen molar-refractivity contribution in [1.82, 2.24) is 5.32 Å². The van der Waals surface area contributed by atoms with Gasteiger partial charge in [-0.25, -0.2) is 9.18 Å². The van der Waals surface area contributed by atoms with E-state index in [1.165, 1.54) is 6.07 Å². The van der Waals surface area contributed by atoms with Crippen molar-refractivity contribution in [3.8, 4) is 5.75 Å². The van der Waals surface area contributed by atoms with Crippen LogP contribution in [0.15, 0.2) is 45.6 Å². The fraction of sp³-hybridized carbons (Fsp3) is 0.360. The van der Waals surface area contributed by atoms with Gasteiger partial charge in [0.15, 0.2) is 0 Å². The van der Waals surface area contributed by atoms with E-state index in [0.29, 0.717) is 29.7 Å². The van der Waals surface area contributed by atoms with Gasteiger partial charge in [-0.15, -0.1) is 0 Å². The molecule has 0 spiro atoms. The molecule has 1 aliphatic rings. The maximum atomic E-state index is 13.7. The van der Waals surface area contributed by atoms with Crippen molar-refractivity contribution in [3.05, 3.63) is 74.9 Å². The summed E-state index contributed by atoms with van der Waals surface area (Å²) in [6.45, 7) is 6.20. The number of nitrogens with one attached hydrogen (secondary N) is 1. The third kappa shape index (κ3) is 4.48. The highest BCUT2D eigenvalue weighted by atomic mass is 19.1. The largest absolute Gasteiger partial charge is 0.487 e. The third-order valence-electron chi connectivity index (χ3n) is 5.86. The maximum Gasteiger partial charge on any atom is 0.340 e. The highest BCUT2D eigenvalue weighted by Crippen LogP contribution is 2.36. The molecule has 0 radical (unpaired) electrons. The normalized spacial score (nSPS) is 14.7. The van der Waals surface area contributed by atoms with E-state index >= 15 is 0 Å². The minimum Gasteiger partial charge on any atom is -0.487 e. The predicted octanol–water partition coefficient (Wildman–Crippen LogP) is 4.25. The van der Waals surface area contributed by atoms with Crippen LogP contribution in [0, 0.1) is 12.7 Å². The number of carbonyl (C=O) groups is 1. The summed E-state index contributed by atoms with van der Waals surface area (Å²) in [5, 5.41) is 3.58. The number of ether oxygens (including phenoxy) is 1. The first-order valence-electron chi connectivity index (χ1n) is 10.5. The SMILES string of the molecule is Cc1c(CC(=O)NCCc2ccccc2F)c(=O)oc2cc3c(cc12)CCC(C)(C)O3. The summed E-state index contributed by atoms with van der Waals surface area (Å²) in [5.74, 6) is 0.150. The van der Waals surface area contributed by atoms with Gasteiger partial charge in [0.1, 0.15) is 22.8 Å². The number of hydrogen-bond donors (Lipinski definition) is 1. The van der Waals surface area contributed by atoms with Gasteiger partial charge in [-0.2, -0.15) is 0 Å². The molecule has 1 N–H and O–H groups in total. The molecule has 1 aliphatic heterocycles. The second-order valence-corrected chi connectivity index (χ2v) is 8.68. The van der Waals surface area contributed by atoms with Crippen molar-refractivity contribution in [3.63, 3.8) is 0 Å². The van der Waals surface area contributed by atoms with Gasteiger partial charge in [-0.3, -0.25) is 4.79 Å². The van der Waals surface area contributed by atoms with Crippen LogP contribution < -0.4 is 15.7 Å². The summed E-state index contributed by atoms with van der Waals surface area (Å²) >= 11 is 0. The number of hydrogen-bond acceptors (Lipinski definition) is 4. The lowest BCUT2D eigenvalue weighted by Crippen LogP contribution is -2.32. The highest BCUT2D eigenvalue weighted by molar-refractivity contribution is 5.86. The van der Waals surface area contributed by atoms with Crippen LogP contribution in [0.4, 0.5) is 4.39 Å². The van der Waals surface area contributed by atoms with E-state index in [9.17, 15) is 14.0 Å². The second kappa shape index (κ2) is 8.17. The zero-order valence-electron chi connectivity index (χ0n) is 18.0. The quantitative estimate of drug-likeness (QED) is 0.623. The molecule has 2 heterocycles. The second-order valence-electron chi connectivity index (χ2n) is 8.68. The smallest absolute Gasteiger partial charge is 0.340 e. The van der Waals surface area contributed by atoms with Crippen LogP contribution in [0.1, 0.15) is 42.5 Å². The number of amides is 1. The van der Waals surface area contributed by atoms with Crippen molar-refractivity contribution >= 4 is 16.9 Å². The lowest BCUT2D eigenvalue weighted by atomic mass is 9.92. The molecule has 3 aromatic rings. The summed E-state index contributed by atoms with van der Waals surface area (Å²) in [4.78, 5) is 25.0. The molecular weight excluding hydrogens is 397 g/mol. The number of rotatable bonds is 5. The molecule has 0 unspecified atom stereocenters. The van der Waals surface area contributed by atoms with Crippen molar-refractivity contribution in [2.75, 3.05) is 6.54 Å². The first kappa shape index (κ1) is 21.1. The van der Waals surface area contributed by atoms with E-state index in [-0.39, 0.29) is 23.7 Å². The van der Waals surface area contributed by atoms with E-state index in [1.54, 1.807) is 24.3 Å². The van der Waals surface area contributed by atoms with E-state index < -0.39 is 5.63 Å². The van der Waals surface area contributed by atoms with Gasteiger partial charge in [0.2, 0.25) is 5.91 Å². The zero-order valence-corrected chi connectivity index (χ0v) is 18.0. The molecule has 1 amide bonds. The zero-order chi connectivity index (χ0) is 22.2. The number of fused-ring (bicyclic) bond motifs is 2. The molecule has 31 heavy (non-hydrogen) atoms. The van der Waals surface area contributed by atoms with Crippen LogP contribution in [0.3, 0.4) is 0 Å². The Kier molecular flexibility index (Phi) is 5.56. The Balaban J connectivity index is 1.52. The summed E-state index contributed by atoms with van der Waals surface area (Å²) in [7, 11) is 0. The molecule has 2 aromatic carbocycles. The monoisotopic (exact) mass is 423 g/mol. The molecule has 1 aromatic heterocycles. The Morgan fingerprint density at radius 2 is 2.00 bits per heavy atom. The molecule has 0 saturated carbocycles. The topological polar surface area (TPSA) is 68.5 Å². The minimum absolute atomic E-state index is 0.0814. The Hall–Kier alpha value is -3.15. The lowest BCUT2D eigenvalue weighted by Gasteiger charge is -2.32. The molecule has 162 valence electrons. The lowest BCUT2D eigenvalue weighted by molar-refractivity contribution is -0.120. The summed E-state index contributed by atoms with van der Waals surface area (Å²) in [6, 6.07) is 10.2. The molecule has 5 nitrogen and oxygen atoms in total. The fourth-order valence-electron chi connectivity index (χ4n) is 4.00. The Bertz CT molecular complexity index is 1210. The molecular formula is C25H26FNO4. The van der Waals surface area contributed by atoms with Gasteiger partial charge in [-0.05, 0) is 68.9 Å². The maximum absolute atomic E-state index is 13.7. The number of aryl methyl sites for hydroxylation is 2. The first-order chi connectivity index (χ1) is 14.7. The molecule has 0 saturated heterocycles. The van der Waals surface area contributed by atoms with Crippen molar-refractivity contribution in [2.45, 2.75) is 52.1 Å². The van der Waals surface area contributed by atoms with Gasteiger partial charge in [-0.1, -0.05) is 18.2 Å². The van der Waals surface area contributed by atoms with Crippen LogP contribution in [-0.2, 0) is 24.1 Å².